The Morgan fingerprint density at radius 2 is 1.64 bits per heavy atom. The fourth-order valence-electron chi connectivity index (χ4n) is 3.65. The number of carbonyl (C=O) groups excluding carboxylic acids is 2. The van der Waals surface area contributed by atoms with Crippen molar-refractivity contribution >= 4 is 23.2 Å². The summed E-state index contributed by atoms with van der Waals surface area (Å²) in [5.41, 5.74) is 1.96. The van der Waals surface area contributed by atoms with Crippen molar-refractivity contribution in [3.8, 4) is 0 Å². The Morgan fingerprint density at radius 3 is 2.29 bits per heavy atom. The van der Waals surface area contributed by atoms with Crippen molar-refractivity contribution in [2.75, 3.05) is 36.4 Å². The summed E-state index contributed by atoms with van der Waals surface area (Å²) in [7, 11) is 0. The van der Waals surface area contributed by atoms with Crippen LogP contribution in [0.2, 0.25) is 0 Å². The average molecular weight is 389 g/mol. The predicted molar refractivity (Wildman–Crippen MR) is 98.3 cm³/mol. The summed E-state index contributed by atoms with van der Waals surface area (Å²) in [4.78, 5) is 28.2. The molecule has 0 unspecified atom stereocenters. The molecule has 1 saturated heterocycles. The van der Waals surface area contributed by atoms with Crippen LogP contribution in [-0.2, 0) is 17.4 Å². The predicted octanol–water partition coefficient (Wildman–Crippen LogP) is 3.16. The van der Waals surface area contributed by atoms with Crippen LogP contribution in [0.1, 0.15) is 21.5 Å². The largest absolute Gasteiger partial charge is 0.416 e. The number of carbonyl (C=O) groups is 2. The molecule has 2 aliphatic heterocycles. The lowest BCUT2D eigenvalue weighted by Crippen LogP contribution is -2.49. The monoisotopic (exact) mass is 389 g/mol. The van der Waals surface area contributed by atoms with Crippen molar-refractivity contribution in [1.29, 1.82) is 0 Å². The second-order valence-electron chi connectivity index (χ2n) is 6.88. The number of hydrogen-bond donors (Lipinski definition) is 1. The zero-order valence-electron chi connectivity index (χ0n) is 14.9. The second-order valence-corrected chi connectivity index (χ2v) is 6.88. The van der Waals surface area contributed by atoms with Gasteiger partial charge in [0.15, 0.2) is 0 Å². The van der Waals surface area contributed by atoms with Gasteiger partial charge in [-0.05, 0) is 42.0 Å². The smallest absolute Gasteiger partial charge is 0.368 e. The van der Waals surface area contributed by atoms with Gasteiger partial charge in [-0.15, -0.1) is 0 Å². The summed E-state index contributed by atoms with van der Waals surface area (Å²) >= 11 is 0. The van der Waals surface area contributed by atoms with Gasteiger partial charge in [-0.3, -0.25) is 9.59 Å². The molecule has 8 heteroatoms. The van der Waals surface area contributed by atoms with E-state index in [0.717, 1.165) is 17.7 Å². The number of halogens is 3. The molecule has 1 N–H and O–H groups in total. The van der Waals surface area contributed by atoms with Crippen LogP contribution in [0.25, 0.3) is 0 Å². The standard InChI is InChI=1S/C20H18F3N3O2/c21-20(22,23)13-4-6-14(7-5-13)25-8-10-26(11-9-25)19(28)15-2-1-3-17-16(15)12-18(27)24-17/h1-7H,8-12H2,(H,24,27). The van der Waals surface area contributed by atoms with Gasteiger partial charge in [0.1, 0.15) is 0 Å². The molecule has 0 bridgehead atoms. The Kier molecular flexibility index (Phi) is 4.49. The Bertz CT molecular complexity index is 917. The van der Waals surface area contributed by atoms with Gasteiger partial charge in [0.05, 0.1) is 12.0 Å². The number of amides is 2. The van der Waals surface area contributed by atoms with Gasteiger partial charge in [0.2, 0.25) is 5.91 Å². The van der Waals surface area contributed by atoms with Crippen molar-refractivity contribution in [3.63, 3.8) is 0 Å². The highest BCUT2D eigenvalue weighted by Gasteiger charge is 2.31. The summed E-state index contributed by atoms with van der Waals surface area (Å²) in [6, 6.07) is 10.3. The lowest BCUT2D eigenvalue weighted by atomic mass is 10.0. The van der Waals surface area contributed by atoms with Gasteiger partial charge >= 0.3 is 6.18 Å². The van der Waals surface area contributed by atoms with E-state index in [4.69, 9.17) is 0 Å². The molecule has 2 aromatic rings. The van der Waals surface area contributed by atoms with E-state index in [2.05, 4.69) is 5.32 Å². The Labute approximate surface area is 159 Å². The molecule has 2 amide bonds. The number of nitrogens with one attached hydrogen (secondary N) is 1. The molecule has 0 aromatic heterocycles. The first-order chi connectivity index (χ1) is 13.3. The topological polar surface area (TPSA) is 52.7 Å². The van der Waals surface area contributed by atoms with Crippen molar-refractivity contribution in [2.24, 2.45) is 0 Å². The number of piperazine rings is 1. The van der Waals surface area contributed by atoms with Gasteiger partial charge in [0.25, 0.3) is 5.91 Å². The molecule has 5 nitrogen and oxygen atoms in total. The van der Waals surface area contributed by atoms with E-state index in [1.165, 1.54) is 12.1 Å². The quantitative estimate of drug-likeness (QED) is 0.859. The zero-order valence-corrected chi connectivity index (χ0v) is 14.9. The van der Waals surface area contributed by atoms with Gasteiger partial charge in [-0.2, -0.15) is 13.2 Å². The SMILES string of the molecule is O=C1Cc2c(cccc2C(=O)N2CCN(c3ccc(C(F)(F)F)cc3)CC2)N1. The molecule has 0 atom stereocenters. The van der Waals surface area contributed by atoms with Crippen LogP contribution < -0.4 is 10.2 Å². The minimum absolute atomic E-state index is 0.123. The summed E-state index contributed by atoms with van der Waals surface area (Å²) in [5, 5.41) is 2.74. The van der Waals surface area contributed by atoms with E-state index in [0.29, 0.717) is 43.1 Å². The molecule has 4 rings (SSSR count). The first-order valence-corrected chi connectivity index (χ1v) is 8.96. The number of anilines is 2. The minimum Gasteiger partial charge on any atom is -0.368 e. The summed E-state index contributed by atoms with van der Waals surface area (Å²) in [6.45, 7) is 1.99. The van der Waals surface area contributed by atoms with E-state index in [9.17, 15) is 22.8 Å². The lowest BCUT2D eigenvalue weighted by molar-refractivity contribution is -0.137. The van der Waals surface area contributed by atoms with Gasteiger partial charge in [0, 0.05) is 43.1 Å². The fraction of sp³-hybridized carbons (Fsp3) is 0.300. The minimum atomic E-state index is -4.35. The van der Waals surface area contributed by atoms with Crippen LogP contribution in [0.15, 0.2) is 42.5 Å². The van der Waals surface area contributed by atoms with Crippen LogP contribution >= 0.6 is 0 Å². The van der Waals surface area contributed by atoms with Crippen LogP contribution in [0, 0.1) is 0 Å². The maximum absolute atomic E-state index is 12.9. The number of nitrogens with zero attached hydrogens (tertiary/aromatic N) is 2. The first-order valence-electron chi connectivity index (χ1n) is 8.96. The highest BCUT2D eigenvalue weighted by Crippen LogP contribution is 2.31. The van der Waals surface area contributed by atoms with Gasteiger partial charge in [-0.25, -0.2) is 0 Å². The van der Waals surface area contributed by atoms with Gasteiger partial charge in [-0.1, -0.05) is 6.07 Å². The van der Waals surface area contributed by atoms with Crippen molar-refractivity contribution in [2.45, 2.75) is 12.6 Å². The molecule has 146 valence electrons. The van der Waals surface area contributed by atoms with Crippen LogP contribution in [0.5, 0.6) is 0 Å². The number of benzene rings is 2. The fourth-order valence-corrected chi connectivity index (χ4v) is 3.65. The molecule has 0 saturated carbocycles. The highest BCUT2D eigenvalue weighted by molar-refractivity contribution is 6.05. The van der Waals surface area contributed by atoms with E-state index in [1.54, 1.807) is 23.1 Å². The maximum Gasteiger partial charge on any atom is 0.416 e. The van der Waals surface area contributed by atoms with E-state index in [-0.39, 0.29) is 18.2 Å². The molecular weight excluding hydrogens is 371 g/mol. The molecule has 0 aliphatic carbocycles. The van der Waals surface area contributed by atoms with Crippen LogP contribution in [0.3, 0.4) is 0 Å². The highest BCUT2D eigenvalue weighted by atomic mass is 19.4. The van der Waals surface area contributed by atoms with Crippen molar-refractivity contribution in [1.82, 2.24) is 4.90 Å². The molecule has 2 aliphatic rings. The third kappa shape index (κ3) is 3.42. The molecule has 0 radical (unpaired) electrons. The normalized spacial score (nSPS) is 16.8. The summed E-state index contributed by atoms with van der Waals surface area (Å²) in [6.07, 6.45) is -4.15. The molecular formula is C20H18F3N3O2. The Hall–Kier alpha value is -3.03. The maximum atomic E-state index is 12.9. The molecule has 0 spiro atoms. The van der Waals surface area contributed by atoms with E-state index in [1.807, 2.05) is 4.90 Å². The number of hydrogen-bond acceptors (Lipinski definition) is 3. The van der Waals surface area contributed by atoms with E-state index >= 15 is 0 Å². The summed E-state index contributed by atoms with van der Waals surface area (Å²) < 4.78 is 38.1. The second kappa shape index (κ2) is 6.85. The molecule has 28 heavy (non-hydrogen) atoms. The Balaban J connectivity index is 1.43. The third-order valence-electron chi connectivity index (χ3n) is 5.14. The van der Waals surface area contributed by atoms with Crippen molar-refractivity contribution < 1.29 is 22.8 Å². The third-order valence-corrected chi connectivity index (χ3v) is 5.14. The number of alkyl halides is 3. The average Bonchev–Trinajstić information content (AvgIpc) is 3.07. The lowest BCUT2D eigenvalue weighted by Gasteiger charge is -2.36. The first kappa shape index (κ1) is 18.3. The molecule has 1 fully saturated rings. The van der Waals surface area contributed by atoms with E-state index < -0.39 is 11.7 Å². The number of fused-ring (bicyclic) bond motifs is 1. The summed E-state index contributed by atoms with van der Waals surface area (Å²) in [5.74, 6) is -0.247. The number of rotatable bonds is 2. The molecule has 2 aromatic carbocycles. The molecule has 2 heterocycles. The van der Waals surface area contributed by atoms with Crippen LogP contribution in [0.4, 0.5) is 24.5 Å². The van der Waals surface area contributed by atoms with Gasteiger partial charge < -0.3 is 15.1 Å². The zero-order chi connectivity index (χ0) is 19.9. The van der Waals surface area contributed by atoms with Crippen molar-refractivity contribution in [3.05, 3.63) is 59.2 Å². The Morgan fingerprint density at radius 1 is 0.964 bits per heavy atom. The van der Waals surface area contributed by atoms with Crippen LogP contribution in [-0.4, -0.2) is 42.9 Å².